The highest BCUT2D eigenvalue weighted by atomic mass is 35.5. The number of nitrogens with zero attached hydrogens (tertiary/aromatic N) is 1. The minimum absolute atomic E-state index is 0.0481. The van der Waals surface area contributed by atoms with Crippen LogP contribution in [0, 0.1) is 6.92 Å². The van der Waals surface area contributed by atoms with E-state index in [9.17, 15) is 9.59 Å². The van der Waals surface area contributed by atoms with Gasteiger partial charge in [-0.25, -0.2) is 0 Å². The molecule has 1 aromatic carbocycles. The largest absolute Gasteiger partial charge is 0.495 e. The number of anilines is 1. The van der Waals surface area contributed by atoms with Crippen LogP contribution in [0.5, 0.6) is 5.75 Å². The third-order valence-electron chi connectivity index (χ3n) is 3.76. The van der Waals surface area contributed by atoms with Crippen LogP contribution in [0.4, 0.5) is 5.69 Å². The highest BCUT2D eigenvalue weighted by Gasteiger charge is 2.20. The maximum atomic E-state index is 12.2. The monoisotopic (exact) mass is 324 g/mol. The Labute approximate surface area is 135 Å². The van der Waals surface area contributed by atoms with Gasteiger partial charge in [-0.1, -0.05) is 18.0 Å². The Morgan fingerprint density at radius 1 is 1.36 bits per heavy atom. The molecule has 22 heavy (non-hydrogen) atoms. The Morgan fingerprint density at radius 2 is 2.14 bits per heavy atom. The number of ether oxygens (including phenoxy) is 1. The van der Waals surface area contributed by atoms with Crippen molar-refractivity contribution in [3.8, 4) is 5.75 Å². The summed E-state index contributed by atoms with van der Waals surface area (Å²) in [5.41, 5.74) is 1.42. The smallest absolute Gasteiger partial charge is 0.244 e. The van der Waals surface area contributed by atoms with Crippen LogP contribution in [0.1, 0.15) is 31.2 Å². The third kappa shape index (κ3) is 4.13. The number of rotatable bonds is 4. The maximum absolute atomic E-state index is 12.2. The molecule has 1 aliphatic rings. The van der Waals surface area contributed by atoms with Crippen molar-refractivity contribution in [3.05, 3.63) is 22.7 Å². The lowest BCUT2D eigenvalue weighted by molar-refractivity contribution is -0.134. The molecule has 1 saturated heterocycles. The Balaban J connectivity index is 2.05. The van der Waals surface area contributed by atoms with Gasteiger partial charge in [0.1, 0.15) is 5.75 Å². The van der Waals surface area contributed by atoms with Crippen molar-refractivity contribution < 1.29 is 14.3 Å². The van der Waals surface area contributed by atoms with Crippen molar-refractivity contribution >= 4 is 29.1 Å². The molecule has 0 saturated carbocycles. The van der Waals surface area contributed by atoms with Gasteiger partial charge in [-0.15, -0.1) is 0 Å². The first-order valence-corrected chi connectivity index (χ1v) is 7.81. The van der Waals surface area contributed by atoms with Gasteiger partial charge in [0.2, 0.25) is 11.8 Å². The number of carbonyl (C=O) groups is 2. The van der Waals surface area contributed by atoms with Crippen LogP contribution in [0.3, 0.4) is 0 Å². The summed E-state index contributed by atoms with van der Waals surface area (Å²) in [5, 5.41) is 3.38. The molecule has 2 rings (SSSR count). The van der Waals surface area contributed by atoms with E-state index in [1.54, 1.807) is 17.0 Å². The van der Waals surface area contributed by atoms with E-state index in [0.717, 1.165) is 24.8 Å². The quantitative estimate of drug-likeness (QED) is 0.926. The highest BCUT2D eigenvalue weighted by molar-refractivity contribution is 6.31. The average Bonchev–Trinajstić information content (AvgIpc) is 2.68. The summed E-state index contributed by atoms with van der Waals surface area (Å²) >= 11 is 6.05. The van der Waals surface area contributed by atoms with Crippen LogP contribution in [0.2, 0.25) is 5.02 Å². The highest BCUT2D eigenvalue weighted by Crippen LogP contribution is 2.30. The molecule has 6 heteroatoms. The lowest BCUT2D eigenvalue weighted by Gasteiger charge is -2.20. The fourth-order valence-electron chi connectivity index (χ4n) is 2.50. The first kappa shape index (κ1) is 16.6. The van der Waals surface area contributed by atoms with Gasteiger partial charge in [-0.05, 0) is 31.4 Å². The van der Waals surface area contributed by atoms with E-state index >= 15 is 0 Å². The van der Waals surface area contributed by atoms with Crippen molar-refractivity contribution in [2.75, 3.05) is 25.5 Å². The van der Waals surface area contributed by atoms with E-state index < -0.39 is 0 Å². The maximum Gasteiger partial charge on any atom is 0.244 e. The number of halogens is 1. The first-order valence-electron chi connectivity index (χ1n) is 7.43. The van der Waals surface area contributed by atoms with Gasteiger partial charge in [-0.3, -0.25) is 9.59 Å². The Kier molecular flexibility index (Phi) is 5.66. The number of aryl methyl sites for hydroxylation is 1. The number of likely N-dealkylation sites (tertiary alicyclic amines) is 1. The average molecular weight is 325 g/mol. The minimum atomic E-state index is -0.227. The lowest BCUT2D eigenvalue weighted by atomic mass is 10.2. The standard InChI is InChI=1S/C16H21ClN2O3/c1-11-8-13(14(22-2)9-12(11)17)18-15(20)10-19-7-5-3-4-6-16(19)21/h8-9H,3-7,10H2,1-2H3,(H,18,20). The predicted octanol–water partition coefficient (Wildman–Crippen LogP) is 3.00. The van der Waals surface area contributed by atoms with E-state index in [0.29, 0.717) is 29.4 Å². The predicted molar refractivity (Wildman–Crippen MR) is 86.4 cm³/mol. The van der Waals surface area contributed by atoms with Crippen LogP contribution in [-0.2, 0) is 9.59 Å². The van der Waals surface area contributed by atoms with Crippen molar-refractivity contribution in [1.29, 1.82) is 0 Å². The molecule has 120 valence electrons. The molecule has 0 spiro atoms. The molecule has 2 amide bonds. The third-order valence-corrected chi connectivity index (χ3v) is 4.17. The zero-order valence-electron chi connectivity index (χ0n) is 12.9. The van der Waals surface area contributed by atoms with Gasteiger partial charge >= 0.3 is 0 Å². The molecule has 5 nitrogen and oxygen atoms in total. The zero-order chi connectivity index (χ0) is 16.1. The van der Waals surface area contributed by atoms with Crippen LogP contribution >= 0.6 is 11.6 Å². The summed E-state index contributed by atoms with van der Waals surface area (Å²) < 4.78 is 5.23. The van der Waals surface area contributed by atoms with E-state index in [1.165, 1.54) is 7.11 Å². The second-order valence-corrected chi connectivity index (χ2v) is 5.88. The topological polar surface area (TPSA) is 58.6 Å². The summed E-state index contributed by atoms with van der Waals surface area (Å²) in [6.45, 7) is 2.57. The number of nitrogens with one attached hydrogen (secondary N) is 1. The fourth-order valence-corrected chi connectivity index (χ4v) is 2.65. The molecule has 0 atom stereocenters. The molecule has 0 aromatic heterocycles. The van der Waals surface area contributed by atoms with Crippen molar-refractivity contribution in [2.24, 2.45) is 0 Å². The molecule has 1 fully saturated rings. The number of methoxy groups -OCH3 is 1. The number of benzene rings is 1. The van der Waals surface area contributed by atoms with E-state index in [1.807, 2.05) is 6.92 Å². The number of hydrogen-bond donors (Lipinski definition) is 1. The second-order valence-electron chi connectivity index (χ2n) is 5.48. The normalized spacial score (nSPS) is 15.4. The van der Waals surface area contributed by atoms with Crippen LogP contribution in [0.25, 0.3) is 0 Å². The van der Waals surface area contributed by atoms with Crippen LogP contribution in [-0.4, -0.2) is 36.9 Å². The summed E-state index contributed by atoms with van der Waals surface area (Å²) in [5.74, 6) is 0.327. The summed E-state index contributed by atoms with van der Waals surface area (Å²) in [6.07, 6.45) is 3.41. The molecular weight excluding hydrogens is 304 g/mol. The van der Waals surface area contributed by atoms with Crippen molar-refractivity contribution in [3.63, 3.8) is 0 Å². The van der Waals surface area contributed by atoms with Gasteiger partial charge in [0.15, 0.2) is 0 Å². The van der Waals surface area contributed by atoms with Gasteiger partial charge in [-0.2, -0.15) is 0 Å². The first-order chi connectivity index (χ1) is 10.5. The fraction of sp³-hybridized carbons (Fsp3) is 0.500. The summed E-state index contributed by atoms with van der Waals surface area (Å²) in [4.78, 5) is 25.8. The lowest BCUT2D eigenvalue weighted by Crippen LogP contribution is -2.37. The molecule has 1 N–H and O–H groups in total. The molecule has 0 aliphatic carbocycles. The Hall–Kier alpha value is -1.75. The van der Waals surface area contributed by atoms with E-state index in [2.05, 4.69) is 5.32 Å². The summed E-state index contributed by atoms with van der Waals surface area (Å²) in [7, 11) is 1.52. The number of carbonyl (C=O) groups excluding carboxylic acids is 2. The molecule has 1 aromatic rings. The van der Waals surface area contributed by atoms with Gasteiger partial charge in [0.25, 0.3) is 0 Å². The SMILES string of the molecule is COc1cc(Cl)c(C)cc1NC(=O)CN1CCCCCC1=O. The molecule has 1 heterocycles. The van der Waals surface area contributed by atoms with Gasteiger partial charge < -0.3 is 15.0 Å². The zero-order valence-corrected chi connectivity index (χ0v) is 13.7. The van der Waals surface area contributed by atoms with Gasteiger partial charge in [0.05, 0.1) is 19.3 Å². The van der Waals surface area contributed by atoms with Crippen LogP contribution < -0.4 is 10.1 Å². The molecule has 0 bridgehead atoms. The number of amides is 2. The Bertz CT molecular complexity index is 575. The molecular formula is C16H21ClN2O3. The van der Waals surface area contributed by atoms with Crippen LogP contribution in [0.15, 0.2) is 12.1 Å². The van der Waals surface area contributed by atoms with E-state index in [-0.39, 0.29) is 18.4 Å². The second kappa shape index (κ2) is 7.49. The van der Waals surface area contributed by atoms with Crippen molar-refractivity contribution in [2.45, 2.75) is 32.6 Å². The Morgan fingerprint density at radius 3 is 2.86 bits per heavy atom. The molecule has 1 aliphatic heterocycles. The molecule has 0 radical (unpaired) electrons. The van der Waals surface area contributed by atoms with E-state index in [4.69, 9.17) is 16.3 Å². The molecule has 0 unspecified atom stereocenters. The minimum Gasteiger partial charge on any atom is -0.495 e. The van der Waals surface area contributed by atoms with Crippen molar-refractivity contribution in [1.82, 2.24) is 4.90 Å². The summed E-state index contributed by atoms with van der Waals surface area (Å²) in [6, 6.07) is 3.44. The number of hydrogen-bond acceptors (Lipinski definition) is 3. The van der Waals surface area contributed by atoms with Gasteiger partial charge in [0, 0.05) is 24.1 Å².